The van der Waals surface area contributed by atoms with E-state index in [1.165, 1.54) is 10.5 Å². The summed E-state index contributed by atoms with van der Waals surface area (Å²) in [6.45, 7) is 2.58. The smallest absolute Gasteiger partial charge is 0.244 e. The zero-order valence-corrected chi connectivity index (χ0v) is 16.5. The van der Waals surface area contributed by atoms with E-state index >= 15 is 0 Å². The van der Waals surface area contributed by atoms with Crippen molar-refractivity contribution in [3.05, 3.63) is 42.6 Å². The van der Waals surface area contributed by atoms with Crippen molar-refractivity contribution in [2.75, 3.05) is 51.4 Å². The standard InChI is InChI=1S/C19H23N3O5S/c1-21(13-15-14-26-17-4-2-3-5-18(17)27-15)19-7-6-16(12-20-19)28(23,24)22-8-10-25-11-9-22/h2-7,12,15H,8-11,13-14H2,1H3. The largest absolute Gasteiger partial charge is 0.486 e. The van der Waals surface area contributed by atoms with Crippen molar-refractivity contribution in [1.29, 1.82) is 0 Å². The first-order chi connectivity index (χ1) is 13.5. The first-order valence-corrected chi connectivity index (χ1v) is 10.6. The molecule has 2 aliphatic heterocycles. The van der Waals surface area contributed by atoms with Crippen LogP contribution in [0.4, 0.5) is 5.82 Å². The van der Waals surface area contributed by atoms with Crippen molar-refractivity contribution in [1.82, 2.24) is 9.29 Å². The Balaban J connectivity index is 1.41. The van der Waals surface area contributed by atoms with E-state index < -0.39 is 10.0 Å². The van der Waals surface area contributed by atoms with Gasteiger partial charge in [0.2, 0.25) is 10.0 Å². The Bertz CT molecular complexity index is 913. The molecule has 28 heavy (non-hydrogen) atoms. The van der Waals surface area contributed by atoms with Crippen LogP contribution in [0, 0.1) is 0 Å². The minimum absolute atomic E-state index is 0.140. The van der Waals surface area contributed by atoms with Crippen LogP contribution in [0.2, 0.25) is 0 Å². The van der Waals surface area contributed by atoms with Crippen molar-refractivity contribution < 1.29 is 22.6 Å². The summed E-state index contributed by atoms with van der Waals surface area (Å²) in [6.07, 6.45) is 1.27. The number of morpholine rings is 1. The fourth-order valence-corrected chi connectivity index (χ4v) is 4.59. The van der Waals surface area contributed by atoms with Gasteiger partial charge < -0.3 is 19.1 Å². The van der Waals surface area contributed by atoms with Gasteiger partial charge in [0.25, 0.3) is 0 Å². The number of aromatic nitrogens is 1. The van der Waals surface area contributed by atoms with Gasteiger partial charge in [-0.2, -0.15) is 4.31 Å². The number of pyridine rings is 1. The average molecular weight is 405 g/mol. The highest BCUT2D eigenvalue weighted by atomic mass is 32.2. The van der Waals surface area contributed by atoms with Crippen LogP contribution in [0.25, 0.3) is 0 Å². The van der Waals surface area contributed by atoms with Gasteiger partial charge in [-0.1, -0.05) is 12.1 Å². The molecule has 1 unspecified atom stereocenters. The first-order valence-electron chi connectivity index (χ1n) is 9.17. The van der Waals surface area contributed by atoms with Gasteiger partial charge in [0, 0.05) is 26.3 Å². The van der Waals surface area contributed by atoms with Crippen molar-refractivity contribution in [3.63, 3.8) is 0 Å². The Morgan fingerprint density at radius 1 is 1.14 bits per heavy atom. The van der Waals surface area contributed by atoms with E-state index in [2.05, 4.69) is 4.98 Å². The lowest BCUT2D eigenvalue weighted by Crippen LogP contribution is -2.41. The Hall–Kier alpha value is -2.36. The predicted octanol–water partition coefficient (Wildman–Crippen LogP) is 1.38. The summed E-state index contributed by atoms with van der Waals surface area (Å²) >= 11 is 0. The molecule has 3 heterocycles. The van der Waals surface area contributed by atoms with Crippen LogP contribution < -0.4 is 14.4 Å². The second kappa shape index (κ2) is 7.94. The number of para-hydroxylation sites is 2. The Labute approximate surface area is 164 Å². The van der Waals surface area contributed by atoms with E-state index in [1.807, 2.05) is 36.2 Å². The van der Waals surface area contributed by atoms with Gasteiger partial charge in [0.05, 0.1) is 19.8 Å². The second-order valence-electron chi connectivity index (χ2n) is 6.75. The molecule has 0 N–H and O–H groups in total. The van der Waals surface area contributed by atoms with E-state index in [4.69, 9.17) is 14.2 Å². The number of ether oxygens (including phenoxy) is 3. The Morgan fingerprint density at radius 2 is 1.89 bits per heavy atom. The zero-order chi connectivity index (χ0) is 19.6. The normalized spacial score (nSPS) is 20.0. The maximum Gasteiger partial charge on any atom is 0.244 e. The summed E-state index contributed by atoms with van der Waals surface area (Å²) in [5, 5.41) is 0. The molecular formula is C19H23N3O5S. The number of sulfonamides is 1. The molecule has 2 aliphatic rings. The minimum atomic E-state index is -3.54. The van der Waals surface area contributed by atoms with Gasteiger partial charge in [-0.05, 0) is 24.3 Å². The summed E-state index contributed by atoms with van der Waals surface area (Å²) in [6, 6.07) is 10.9. The lowest BCUT2D eigenvalue weighted by molar-refractivity contribution is 0.0730. The summed E-state index contributed by atoms with van der Waals surface area (Å²) in [5.74, 6) is 2.15. The molecule has 1 aromatic heterocycles. The second-order valence-corrected chi connectivity index (χ2v) is 8.68. The summed E-state index contributed by atoms with van der Waals surface area (Å²) in [4.78, 5) is 6.46. The Morgan fingerprint density at radius 3 is 2.61 bits per heavy atom. The molecule has 8 nitrogen and oxygen atoms in total. The van der Waals surface area contributed by atoms with E-state index in [-0.39, 0.29) is 11.0 Å². The number of nitrogens with zero attached hydrogens (tertiary/aromatic N) is 3. The third-order valence-electron chi connectivity index (χ3n) is 4.76. The van der Waals surface area contributed by atoms with Crippen LogP contribution in [0.15, 0.2) is 47.5 Å². The lowest BCUT2D eigenvalue weighted by Gasteiger charge is -2.30. The molecule has 1 atom stereocenters. The highest BCUT2D eigenvalue weighted by molar-refractivity contribution is 7.89. The zero-order valence-electron chi connectivity index (χ0n) is 15.7. The molecule has 9 heteroatoms. The first kappa shape index (κ1) is 19.0. The SMILES string of the molecule is CN(CC1COc2ccccc2O1)c1ccc(S(=O)(=O)N2CCOCC2)cn1. The number of benzene rings is 1. The average Bonchev–Trinajstić information content (AvgIpc) is 2.74. The van der Waals surface area contributed by atoms with Crippen molar-refractivity contribution in [2.24, 2.45) is 0 Å². The monoisotopic (exact) mass is 405 g/mol. The van der Waals surface area contributed by atoms with Crippen LogP contribution in [0.3, 0.4) is 0 Å². The summed E-state index contributed by atoms with van der Waals surface area (Å²) < 4.78 is 43.7. The van der Waals surface area contributed by atoms with Crippen LogP contribution in [0.1, 0.15) is 0 Å². The number of rotatable bonds is 5. The van der Waals surface area contributed by atoms with E-state index in [0.29, 0.717) is 45.3 Å². The molecule has 4 rings (SSSR count). The molecule has 0 saturated carbocycles. The summed E-state index contributed by atoms with van der Waals surface area (Å²) in [7, 11) is -1.65. The molecule has 0 radical (unpaired) electrons. The van der Waals surface area contributed by atoms with Crippen molar-refractivity contribution in [2.45, 2.75) is 11.0 Å². The molecule has 0 amide bonds. The fraction of sp³-hybridized carbons (Fsp3) is 0.421. The number of anilines is 1. The van der Waals surface area contributed by atoms with Gasteiger partial charge in [-0.25, -0.2) is 13.4 Å². The maximum atomic E-state index is 12.7. The van der Waals surface area contributed by atoms with E-state index in [0.717, 1.165) is 11.5 Å². The number of fused-ring (bicyclic) bond motifs is 1. The quantitative estimate of drug-likeness (QED) is 0.743. The van der Waals surface area contributed by atoms with Gasteiger partial charge >= 0.3 is 0 Å². The lowest BCUT2D eigenvalue weighted by atomic mass is 10.2. The third-order valence-corrected chi connectivity index (χ3v) is 6.65. The molecule has 2 aromatic rings. The fourth-order valence-electron chi connectivity index (χ4n) is 3.24. The number of hydrogen-bond acceptors (Lipinski definition) is 7. The van der Waals surface area contributed by atoms with E-state index in [9.17, 15) is 8.42 Å². The molecule has 0 spiro atoms. The molecule has 150 valence electrons. The van der Waals surface area contributed by atoms with Crippen LogP contribution in [-0.2, 0) is 14.8 Å². The number of likely N-dealkylation sites (N-methyl/N-ethyl adjacent to an activating group) is 1. The topological polar surface area (TPSA) is 81.2 Å². The summed E-state index contributed by atoms with van der Waals surface area (Å²) in [5.41, 5.74) is 0. The molecule has 1 aromatic carbocycles. The van der Waals surface area contributed by atoms with Gasteiger partial charge in [0.1, 0.15) is 17.3 Å². The van der Waals surface area contributed by atoms with Gasteiger partial charge in [-0.15, -0.1) is 0 Å². The number of hydrogen-bond donors (Lipinski definition) is 0. The minimum Gasteiger partial charge on any atom is -0.486 e. The maximum absolute atomic E-state index is 12.7. The van der Waals surface area contributed by atoms with Gasteiger partial charge in [0.15, 0.2) is 17.6 Å². The van der Waals surface area contributed by atoms with Gasteiger partial charge in [-0.3, -0.25) is 0 Å². The van der Waals surface area contributed by atoms with Crippen LogP contribution >= 0.6 is 0 Å². The third kappa shape index (κ3) is 3.91. The molecule has 0 bridgehead atoms. The van der Waals surface area contributed by atoms with Crippen molar-refractivity contribution in [3.8, 4) is 11.5 Å². The van der Waals surface area contributed by atoms with E-state index in [1.54, 1.807) is 12.1 Å². The predicted molar refractivity (Wildman–Crippen MR) is 103 cm³/mol. The molecular weight excluding hydrogens is 382 g/mol. The van der Waals surface area contributed by atoms with Crippen LogP contribution in [0.5, 0.6) is 11.5 Å². The highest BCUT2D eigenvalue weighted by Gasteiger charge is 2.27. The highest BCUT2D eigenvalue weighted by Crippen LogP contribution is 2.31. The molecule has 1 saturated heterocycles. The van der Waals surface area contributed by atoms with Crippen molar-refractivity contribution >= 4 is 15.8 Å². The van der Waals surface area contributed by atoms with Crippen LogP contribution in [-0.4, -0.2) is 70.3 Å². The molecule has 0 aliphatic carbocycles. The molecule has 1 fully saturated rings. The Kier molecular flexibility index (Phi) is 5.38.